The first-order valence-electron chi connectivity index (χ1n) is 15.0. The van der Waals surface area contributed by atoms with E-state index in [1.807, 2.05) is 30.3 Å². The SMILES string of the molecule is CCCC(c1nnnn1C1CCCCC1)N(Cc1ccc2c(c1)OCO2)Cc1cc2cc3c(cc2[nH]c1=O)OCCO3. The molecule has 11 nitrogen and oxygen atoms in total. The molecule has 1 saturated carbocycles. The summed E-state index contributed by atoms with van der Waals surface area (Å²) in [5.41, 5.74) is 2.32. The van der Waals surface area contributed by atoms with Gasteiger partial charge < -0.3 is 23.9 Å². The van der Waals surface area contributed by atoms with E-state index in [9.17, 15) is 4.79 Å². The molecule has 2 aromatic carbocycles. The van der Waals surface area contributed by atoms with Crippen molar-refractivity contribution in [1.82, 2.24) is 30.1 Å². The second kappa shape index (κ2) is 11.6. The maximum atomic E-state index is 13.5. The van der Waals surface area contributed by atoms with Gasteiger partial charge in [0, 0.05) is 30.1 Å². The van der Waals surface area contributed by atoms with E-state index < -0.39 is 0 Å². The predicted molar refractivity (Wildman–Crippen MR) is 155 cm³/mol. The number of tetrazole rings is 1. The van der Waals surface area contributed by atoms with Gasteiger partial charge in [0.15, 0.2) is 28.8 Å². The lowest BCUT2D eigenvalue weighted by atomic mass is 9.95. The Morgan fingerprint density at radius 3 is 2.57 bits per heavy atom. The summed E-state index contributed by atoms with van der Waals surface area (Å²) in [4.78, 5) is 18.9. The molecule has 2 aromatic heterocycles. The number of nitrogens with one attached hydrogen (secondary N) is 1. The molecule has 0 amide bonds. The van der Waals surface area contributed by atoms with Crippen LogP contribution in [0.3, 0.4) is 0 Å². The van der Waals surface area contributed by atoms with Crippen LogP contribution >= 0.6 is 0 Å². The standard InChI is InChI=1S/C31H36N6O5/c1-2-6-25(30-33-34-35-37(30)23-7-4-3-5-8-23)36(17-20-9-10-26-27(13-20)42-19-41-26)18-22-14-21-15-28-29(40-12-11-39-28)16-24(21)32-31(22)38/h9-10,13-16,23,25H,2-8,11-12,17-19H2,1H3,(H,32,38). The van der Waals surface area contributed by atoms with Crippen molar-refractivity contribution in [3.8, 4) is 23.0 Å². The van der Waals surface area contributed by atoms with Gasteiger partial charge >= 0.3 is 0 Å². The first-order chi connectivity index (χ1) is 20.7. The highest BCUT2D eigenvalue weighted by Crippen LogP contribution is 2.37. The predicted octanol–water partition coefficient (Wildman–Crippen LogP) is 5.06. The number of benzene rings is 2. The molecule has 0 saturated heterocycles. The van der Waals surface area contributed by atoms with Crippen LogP contribution in [-0.2, 0) is 13.1 Å². The number of H-pyrrole nitrogens is 1. The Hall–Kier alpha value is -4.12. The van der Waals surface area contributed by atoms with Crippen LogP contribution in [0.1, 0.15) is 80.9 Å². The lowest BCUT2D eigenvalue weighted by Crippen LogP contribution is -2.33. The molecule has 0 radical (unpaired) electrons. The molecule has 11 heteroatoms. The Balaban J connectivity index is 1.27. The van der Waals surface area contributed by atoms with E-state index in [1.165, 1.54) is 19.3 Å². The largest absolute Gasteiger partial charge is 0.486 e. The van der Waals surface area contributed by atoms with Gasteiger partial charge in [-0.15, -0.1) is 5.10 Å². The van der Waals surface area contributed by atoms with E-state index in [0.717, 1.165) is 59.5 Å². The first-order valence-corrected chi connectivity index (χ1v) is 15.0. The number of rotatable bonds is 9. The first kappa shape index (κ1) is 26.8. The lowest BCUT2D eigenvalue weighted by Gasteiger charge is -2.32. The lowest BCUT2D eigenvalue weighted by molar-refractivity contribution is 0.150. The fraction of sp³-hybridized carbons (Fsp3) is 0.484. The average Bonchev–Trinajstić information content (AvgIpc) is 3.69. The van der Waals surface area contributed by atoms with Gasteiger partial charge in [0.05, 0.1) is 17.6 Å². The highest BCUT2D eigenvalue weighted by Gasteiger charge is 2.30. The van der Waals surface area contributed by atoms with Gasteiger partial charge in [-0.1, -0.05) is 38.7 Å². The molecule has 220 valence electrons. The monoisotopic (exact) mass is 572 g/mol. The van der Waals surface area contributed by atoms with Crippen molar-refractivity contribution < 1.29 is 18.9 Å². The Bertz CT molecular complexity index is 1630. The van der Waals surface area contributed by atoms with E-state index in [4.69, 9.17) is 18.9 Å². The summed E-state index contributed by atoms with van der Waals surface area (Å²) in [5, 5.41) is 14.1. The fourth-order valence-corrected chi connectivity index (χ4v) is 6.43. The van der Waals surface area contributed by atoms with Crippen molar-refractivity contribution in [3.05, 3.63) is 63.7 Å². The number of fused-ring (bicyclic) bond motifs is 3. The van der Waals surface area contributed by atoms with Crippen LogP contribution < -0.4 is 24.5 Å². The second-order valence-electron chi connectivity index (χ2n) is 11.4. The third-order valence-corrected chi connectivity index (χ3v) is 8.52. The molecule has 0 spiro atoms. The molecule has 3 aliphatic rings. The number of aromatic nitrogens is 5. The van der Waals surface area contributed by atoms with Gasteiger partial charge in [-0.3, -0.25) is 9.69 Å². The van der Waals surface area contributed by atoms with Crippen LogP contribution in [0.25, 0.3) is 10.9 Å². The van der Waals surface area contributed by atoms with Crippen molar-refractivity contribution in [2.75, 3.05) is 20.0 Å². The van der Waals surface area contributed by atoms with E-state index in [0.29, 0.717) is 49.4 Å². The minimum Gasteiger partial charge on any atom is -0.486 e. The van der Waals surface area contributed by atoms with Crippen LogP contribution in [0.5, 0.6) is 23.0 Å². The highest BCUT2D eigenvalue weighted by atomic mass is 16.7. The van der Waals surface area contributed by atoms with Gasteiger partial charge in [-0.05, 0) is 59.5 Å². The Labute approximate surface area is 243 Å². The van der Waals surface area contributed by atoms with Crippen LogP contribution in [0.15, 0.2) is 41.2 Å². The summed E-state index contributed by atoms with van der Waals surface area (Å²) >= 11 is 0. The maximum absolute atomic E-state index is 13.5. The minimum absolute atomic E-state index is 0.0901. The topological polar surface area (TPSA) is 117 Å². The number of nitrogens with zero attached hydrogens (tertiary/aromatic N) is 5. The summed E-state index contributed by atoms with van der Waals surface area (Å²) in [6.07, 6.45) is 7.59. The number of ether oxygens (including phenoxy) is 4. The molecule has 7 rings (SSSR count). The molecular formula is C31H36N6O5. The second-order valence-corrected chi connectivity index (χ2v) is 11.4. The van der Waals surface area contributed by atoms with Gasteiger partial charge in [0.2, 0.25) is 6.79 Å². The van der Waals surface area contributed by atoms with Crippen molar-refractivity contribution in [2.24, 2.45) is 0 Å². The fourth-order valence-electron chi connectivity index (χ4n) is 6.43. The molecule has 1 unspecified atom stereocenters. The number of hydrogen-bond donors (Lipinski definition) is 1. The number of hydrogen-bond acceptors (Lipinski definition) is 9. The van der Waals surface area contributed by atoms with Crippen molar-refractivity contribution in [2.45, 2.75) is 77.0 Å². The number of aromatic amines is 1. The van der Waals surface area contributed by atoms with Crippen LogP contribution in [0.4, 0.5) is 0 Å². The van der Waals surface area contributed by atoms with Crippen LogP contribution in [-0.4, -0.2) is 50.1 Å². The van der Waals surface area contributed by atoms with Crippen molar-refractivity contribution in [1.29, 1.82) is 0 Å². The Morgan fingerprint density at radius 2 is 1.74 bits per heavy atom. The molecule has 1 N–H and O–H groups in total. The summed E-state index contributed by atoms with van der Waals surface area (Å²) in [6, 6.07) is 12.0. The molecular weight excluding hydrogens is 536 g/mol. The summed E-state index contributed by atoms with van der Waals surface area (Å²) < 4.78 is 24.8. The minimum atomic E-state index is -0.128. The van der Waals surface area contributed by atoms with Crippen molar-refractivity contribution >= 4 is 10.9 Å². The zero-order valence-corrected chi connectivity index (χ0v) is 23.9. The van der Waals surface area contributed by atoms with Gasteiger partial charge in [-0.25, -0.2) is 4.68 Å². The molecule has 1 fully saturated rings. The zero-order chi connectivity index (χ0) is 28.5. The van der Waals surface area contributed by atoms with Gasteiger partial charge in [0.25, 0.3) is 5.56 Å². The smallest absolute Gasteiger partial charge is 0.252 e. The third-order valence-electron chi connectivity index (χ3n) is 8.52. The van der Waals surface area contributed by atoms with E-state index in [2.05, 4.69) is 43.1 Å². The molecule has 4 aromatic rings. The van der Waals surface area contributed by atoms with Gasteiger partial charge in [-0.2, -0.15) is 0 Å². The van der Waals surface area contributed by atoms with E-state index in [-0.39, 0.29) is 18.4 Å². The Kier molecular flexibility index (Phi) is 7.41. The third kappa shape index (κ3) is 5.29. The van der Waals surface area contributed by atoms with E-state index >= 15 is 0 Å². The summed E-state index contributed by atoms with van der Waals surface area (Å²) in [6.45, 7) is 4.39. The summed E-state index contributed by atoms with van der Waals surface area (Å²) in [7, 11) is 0. The molecule has 0 bridgehead atoms. The Morgan fingerprint density at radius 1 is 0.952 bits per heavy atom. The molecule has 1 aliphatic carbocycles. The molecule has 4 heterocycles. The summed E-state index contributed by atoms with van der Waals surface area (Å²) in [5.74, 6) is 3.69. The zero-order valence-electron chi connectivity index (χ0n) is 23.9. The van der Waals surface area contributed by atoms with Crippen LogP contribution in [0.2, 0.25) is 0 Å². The van der Waals surface area contributed by atoms with Crippen LogP contribution in [0, 0.1) is 0 Å². The quantitative estimate of drug-likeness (QED) is 0.294. The van der Waals surface area contributed by atoms with E-state index in [1.54, 1.807) is 0 Å². The van der Waals surface area contributed by atoms with Gasteiger partial charge in [0.1, 0.15) is 13.2 Å². The van der Waals surface area contributed by atoms with Crippen molar-refractivity contribution in [3.63, 3.8) is 0 Å². The average molecular weight is 573 g/mol. The molecule has 1 atom stereocenters. The maximum Gasteiger partial charge on any atom is 0.252 e. The molecule has 2 aliphatic heterocycles. The molecule has 42 heavy (non-hydrogen) atoms. The number of pyridine rings is 1. The highest BCUT2D eigenvalue weighted by molar-refractivity contribution is 5.83. The normalized spacial score (nSPS) is 17.2.